The average Bonchev–Trinajstić information content (AvgIpc) is 2.54. The van der Waals surface area contributed by atoms with Crippen molar-refractivity contribution in [2.45, 2.75) is 6.61 Å². The van der Waals surface area contributed by atoms with Crippen LogP contribution in [-0.4, -0.2) is 19.4 Å². The van der Waals surface area contributed by atoms with Gasteiger partial charge < -0.3 is 15.2 Å². The number of carbonyl (C=O) groups is 1. The Morgan fingerprint density at radius 1 is 1.29 bits per heavy atom. The number of methoxy groups -OCH3 is 1. The van der Waals surface area contributed by atoms with E-state index in [1.165, 1.54) is 13.3 Å². The zero-order chi connectivity index (χ0) is 17.5. The van der Waals surface area contributed by atoms with E-state index < -0.39 is 6.03 Å². The summed E-state index contributed by atoms with van der Waals surface area (Å²) in [5.74, 6) is 0.814. The molecule has 2 amide bonds. The Morgan fingerprint density at radius 3 is 2.71 bits per heavy atom. The van der Waals surface area contributed by atoms with Crippen LogP contribution in [0, 0.1) is 0 Å². The summed E-state index contributed by atoms with van der Waals surface area (Å²) in [6, 6.07) is 9.88. The maximum absolute atomic E-state index is 10.6. The molecule has 2 aromatic carbocycles. The second-order valence-corrected chi connectivity index (χ2v) is 5.46. The van der Waals surface area contributed by atoms with Gasteiger partial charge in [0.05, 0.1) is 18.3 Å². The van der Waals surface area contributed by atoms with Crippen LogP contribution in [-0.2, 0) is 6.61 Å². The van der Waals surface area contributed by atoms with Crippen molar-refractivity contribution in [1.82, 2.24) is 5.43 Å². The van der Waals surface area contributed by atoms with Crippen LogP contribution in [0.5, 0.6) is 11.5 Å². The van der Waals surface area contributed by atoms with E-state index in [4.69, 9.17) is 38.4 Å². The molecule has 0 aliphatic heterocycles. The van der Waals surface area contributed by atoms with Crippen molar-refractivity contribution < 1.29 is 14.3 Å². The number of urea groups is 1. The van der Waals surface area contributed by atoms with Gasteiger partial charge in [-0.05, 0) is 23.8 Å². The van der Waals surface area contributed by atoms with E-state index >= 15 is 0 Å². The molecular weight excluding hydrogens is 353 g/mol. The van der Waals surface area contributed by atoms with Crippen LogP contribution in [0.4, 0.5) is 4.79 Å². The lowest BCUT2D eigenvalue weighted by atomic mass is 10.2. The van der Waals surface area contributed by atoms with E-state index in [0.717, 1.165) is 5.56 Å². The van der Waals surface area contributed by atoms with Gasteiger partial charge in [0.2, 0.25) is 0 Å². The van der Waals surface area contributed by atoms with Gasteiger partial charge in [0, 0.05) is 10.6 Å². The molecule has 8 heteroatoms. The van der Waals surface area contributed by atoms with E-state index in [0.29, 0.717) is 27.1 Å². The van der Waals surface area contributed by atoms with E-state index in [1.54, 1.807) is 18.2 Å². The first-order chi connectivity index (χ1) is 11.5. The third-order valence-electron chi connectivity index (χ3n) is 2.97. The van der Waals surface area contributed by atoms with E-state index in [2.05, 4.69) is 10.5 Å². The number of benzene rings is 2. The van der Waals surface area contributed by atoms with Crippen molar-refractivity contribution in [2.75, 3.05) is 7.11 Å². The predicted molar refractivity (Wildman–Crippen MR) is 94.1 cm³/mol. The molecule has 0 saturated heterocycles. The van der Waals surface area contributed by atoms with Crippen molar-refractivity contribution in [1.29, 1.82) is 0 Å². The van der Waals surface area contributed by atoms with Gasteiger partial charge in [0.1, 0.15) is 6.61 Å². The number of ether oxygens (including phenoxy) is 2. The molecule has 0 radical (unpaired) electrons. The molecule has 3 N–H and O–H groups in total. The van der Waals surface area contributed by atoms with E-state index in [9.17, 15) is 4.79 Å². The van der Waals surface area contributed by atoms with Crippen LogP contribution in [0.2, 0.25) is 10.0 Å². The van der Waals surface area contributed by atoms with Crippen LogP contribution < -0.4 is 20.6 Å². The highest BCUT2D eigenvalue weighted by Crippen LogP contribution is 2.36. The molecule has 0 bridgehead atoms. The summed E-state index contributed by atoms with van der Waals surface area (Å²) in [5, 5.41) is 4.61. The first kappa shape index (κ1) is 17.9. The lowest BCUT2D eigenvalue weighted by Crippen LogP contribution is -2.24. The monoisotopic (exact) mass is 367 g/mol. The Morgan fingerprint density at radius 2 is 2.04 bits per heavy atom. The molecule has 0 aliphatic rings. The Kier molecular flexibility index (Phi) is 6.28. The van der Waals surface area contributed by atoms with Crippen molar-refractivity contribution in [3.05, 3.63) is 57.6 Å². The van der Waals surface area contributed by atoms with Crippen LogP contribution >= 0.6 is 23.2 Å². The third-order valence-corrected chi connectivity index (χ3v) is 3.62. The standard InChI is InChI=1S/C16H15Cl2N3O3/c1-23-14-7-10(8-20-21-16(19)22)6-13(18)15(14)24-9-11-4-2-3-5-12(11)17/h2-8H,9H2,1H3,(H3,19,21,22). The number of hydrogen-bond donors (Lipinski definition) is 2. The van der Waals surface area contributed by atoms with Crippen molar-refractivity contribution in [2.24, 2.45) is 10.8 Å². The fourth-order valence-electron chi connectivity index (χ4n) is 1.89. The Labute approximate surface area is 149 Å². The largest absolute Gasteiger partial charge is 0.493 e. The predicted octanol–water partition coefficient (Wildman–Crippen LogP) is 3.58. The zero-order valence-electron chi connectivity index (χ0n) is 12.8. The Hall–Kier alpha value is -2.44. The number of halogens is 2. The lowest BCUT2D eigenvalue weighted by Gasteiger charge is -2.14. The Bertz CT molecular complexity index is 766. The molecule has 24 heavy (non-hydrogen) atoms. The molecule has 0 spiro atoms. The number of nitrogens with two attached hydrogens (primary N) is 1. The first-order valence-electron chi connectivity index (χ1n) is 6.83. The van der Waals surface area contributed by atoms with Crippen molar-refractivity contribution in [3.8, 4) is 11.5 Å². The number of rotatable bonds is 6. The number of hydrogen-bond acceptors (Lipinski definition) is 4. The van der Waals surface area contributed by atoms with Gasteiger partial charge in [0.15, 0.2) is 11.5 Å². The molecule has 0 fully saturated rings. The summed E-state index contributed by atoms with van der Waals surface area (Å²) < 4.78 is 11.0. The van der Waals surface area contributed by atoms with Gasteiger partial charge in [0.25, 0.3) is 0 Å². The van der Waals surface area contributed by atoms with Gasteiger partial charge in [-0.3, -0.25) is 0 Å². The SMILES string of the molecule is COc1cc(C=NNC(N)=O)cc(Cl)c1OCc1ccccc1Cl. The Balaban J connectivity index is 2.19. The zero-order valence-corrected chi connectivity index (χ0v) is 14.3. The van der Waals surface area contributed by atoms with E-state index in [-0.39, 0.29) is 6.61 Å². The number of hydrazone groups is 1. The average molecular weight is 368 g/mol. The van der Waals surface area contributed by atoms with Crippen LogP contribution in [0.15, 0.2) is 41.5 Å². The topological polar surface area (TPSA) is 85.9 Å². The minimum atomic E-state index is -0.760. The minimum absolute atomic E-state index is 0.242. The first-order valence-corrected chi connectivity index (χ1v) is 7.59. The molecule has 0 atom stereocenters. The fourth-order valence-corrected chi connectivity index (χ4v) is 2.35. The normalized spacial score (nSPS) is 10.6. The van der Waals surface area contributed by atoms with Crippen LogP contribution in [0.3, 0.4) is 0 Å². The molecule has 6 nitrogen and oxygen atoms in total. The molecule has 0 saturated carbocycles. The molecule has 0 aliphatic carbocycles. The second kappa shape index (κ2) is 8.42. The molecule has 2 rings (SSSR count). The molecule has 126 valence electrons. The summed E-state index contributed by atoms with van der Waals surface area (Å²) in [7, 11) is 1.50. The quantitative estimate of drug-likeness (QED) is 0.604. The van der Waals surface area contributed by atoms with Gasteiger partial charge in [-0.1, -0.05) is 41.4 Å². The van der Waals surface area contributed by atoms with Gasteiger partial charge >= 0.3 is 6.03 Å². The molecule has 0 aromatic heterocycles. The summed E-state index contributed by atoms with van der Waals surface area (Å²) >= 11 is 12.4. The van der Waals surface area contributed by atoms with Crippen molar-refractivity contribution >= 4 is 35.4 Å². The smallest absolute Gasteiger partial charge is 0.332 e. The third kappa shape index (κ3) is 4.78. The van der Waals surface area contributed by atoms with Crippen LogP contribution in [0.1, 0.15) is 11.1 Å². The van der Waals surface area contributed by atoms with Gasteiger partial charge in [-0.25, -0.2) is 10.2 Å². The highest BCUT2D eigenvalue weighted by Gasteiger charge is 2.12. The maximum atomic E-state index is 10.6. The molecule has 2 aromatic rings. The number of nitrogens with one attached hydrogen (secondary N) is 1. The summed E-state index contributed by atoms with van der Waals surface area (Å²) in [6.07, 6.45) is 1.39. The van der Waals surface area contributed by atoms with Gasteiger partial charge in [-0.15, -0.1) is 0 Å². The number of amides is 2. The van der Waals surface area contributed by atoms with Crippen LogP contribution in [0.25, 0.3) is 0 Å². The van der Waals surface area contributed by atoms with Gasteiger partial charge in [-0.2, -0.15) is 5.10 Å². The molecule has 0 heterocycles. The summed E-state index contributed by atoms with van der Waals surface area (Å²) in [5.41, 5.74) is 8.46. The molecular formula is C16H15Cl2N3O3. The highest BCUT2D eigenvalue weighted by molar-refractivity contribution is 6.32. The molecule has 0 unspecified atom stereocenters. The summed E-state index contributed by atoms with van der Waals surface area (Å²) in [4.78, 5) is 10.6. The van der Waals surface area contributed by atoms with E-state index in [1.807, 2.05) is 18.2 Å². The second-order valence-electron chi connectivity index (χ2n) is 4.65. The fraction of sp³-hybridized carbons (Fsp3) is 0.125. The number of nitrogens with zero attached hydrogens (tertiary/aromatic N) is 1. The highest BCUT2D eigenvalue weighted by atomic mass is 35.5. The van der Waals surface area contributed by atoms with Crippen molar-refractivity contribution in [3.63, 3.8) is 0 Å². The number of primary amides is 1. The summed E-state index contributed by atoms with van der Waals surface area (Å²) in [6.45, 7) is 0.242. The maximum Gasteiger partial charge on any atom is 0.332 e. The lowest BCUT2D eigenvalue weighted by molar-refractivity contribution is 0.249. The minimum Gasteiger partial charge on any atom is -0.493 e. The number of carbonyl (C=O) groups excluding carboxylic acids is 1.